The van der Waals surface area contributed by atoms with Gasteiger partial charge in [0.05, 0.1) is 0 Å². The monoisotopic (exact) mass is 229 g/mol. The molecular formula is C9H12ClN3O2. The molecule has 0 saturated heterocycles. The maximum atomic E-state index is 11.3. The number of amides is 2. The SMILES string of the molecule is CC(C)NC(=O)Nc1ccc(Cl)[n+]([O-])c1. The van der Waals surface area contributed by atoms with Crippen molar-refractivity contribution in [2.24, 2.45) is 0 Å². The summed E-state index contributed by atoms with van der Waals surface area (Å²) in [5, 5.41) is 16.3. The zero-order valence-corrected chi connectivity index (χ0v) is 9.21. The number of urea groups is 1. The number of aromatic nitrogens is 1. The van der Waals surface area contributed by atoms with Crippen LogP contribution in [0.15, 0.2) is 18.3 Å². The van der Waals surface area contributed by atoms with E-state index < -0.39 is 0 Å². The van der Waals surface area contributed by atoms with Crippen LogP contribution in [0, 0.1) is 5.21 Å². The van der Waals surface area contributed by atoms with E-state index in [1.165, 1.54) is 12.3 Å². The Morgan fingerprint density at radius 3 is 2.73 bits per heavy atom. The van der Waals surface area contributed by atoms with Gasteiger partial charge in [-0.2, -0.15) is 4.73 Å². The van der Waals surface area contributed by atoms with Crippen LogP contribution < -0.4 is 15.4 Å². The molecule has 1 aromatic rings. The first-order chi connectivity index (χ1) is 6.99. The van der Waals surface area contributed by atoms with Crippen molar-refractivity contribution in [2.45, 2.75) is 19.9 Å². The summed E-state index contributed by atoms with van der Waals surface area (Å²) in [6.45, 7) is 3.68. The van der Waals surface area contributed by atoms with Gasteiger partial charge in [0.1, 0.15) is 5.69 Å². The van der Waals surface area contributed by atoms with Gasteiger partial charge in [0.15, 0.2) is 0 Å². The van der Waals surface area contributed by atoms with Crippen LogP contribution in [0.4, 0.5) is 10.5 Å². The third-order valence-electron chi connectivity index (χ3n) is 1.54. The van der Waals surface area contributed by atoms with Gasteiger partial charge in [-0.15, -0.1) is 0 Å². The molecule has 0 aliphatic carbocycles. The molecule has 0 fully saturated rings. The molecule has 1 heterocycles. The van der Waals surface area contributed by atoms with E-state index >= 15 is 0 Å². The summed E-state index contributed by atoms with van der Waals surface area (Å²) >= 11 is 5.52. The molecule has 0 unspecified atom stereocenters. The fraction of sp³-hybridized carbons (Fsp3) is 0.333. The van der Waals surface area contributed by atoms with Crippen molar-refractivity contribution in [3.8, 4) is 0 Å². The summed E-state index contributed by atoms with van der Waals surface area (Å²) in [4.78, 5) is 11.3. The molecule has 1 aromatic heterocycles. The van der Waals surface area contributed by atoms with Crippen molar-refractivity contribution in [1.82, 2.24) is 5.32 Å². The number of hydrogen-bond donors (Lipinski definition) is 2. The Morgan fingerprint density at radius 1 is 1.53 bits per heavy atom. The Hall–Kier alpha value is -1.49. The molecule has 0 aliphatic heterocycles. The molecule has 0 saturated carbocycles. The summed E-state index contributed by atoms with van der Waals surface area (Å²) in [6, 6.07) is 2.65. The first-order valence-electron chi connectivity index (χ1n) is 4.45. The lowest BCUT2D eigenvalue weighted by Crippen LogP contribution is -2.35. The second-order valence-corrected chi connectivity index (χ2v) is 3.71. The summed E-state index contributed by atoms with van der Waals surface area (Å²) in [6.07, 6.45) is 1.20. The van der Waals surface area contributed by atoms with Gasteiger partial charge in [-0.05, 0) is 31.5 Å². The van der Waals surface area contributed by atoms with E-state index in [1.807, 2.05) is 13.8 Å². The molecule has 0 radical (unpaired) electrons. The number of rotatable bonds is 2. The molecule has 2 amide bonds. The fourth-order valence-electron chi connectivity index (χ4n) is 0.966. The molecule has 15 heavy (non-hydrogen) atoms. The molecular weight excluding hydrogens is 218 g/mol. The standard InChI is InChI=1S/C9H12ClN3O2/c1-6(2)11-9(14)12-7-3-4-8(10)13(15)5-7/h3-6H,1-2H3,(H2,11,12,14). The van der Waals surface area contributed by atoms with Crippen molar-refractivity contribution >= 4 is 23.3 Å². The predicted molar refractivity (Wildman–Crippen MR) is 57.7 cm³/mol. The Morgan fingerprint density at radius 2 is 2.20 bits per heavy atom. The number of carbonyl (C=O) groups excluding carboxylic acids is 1. The summed E-state index contributed by atoms with van der Waals surface area (Å²) < 4.78 is 0.479. The maximum Gasteiger partial charge on any atom is 0.319 e. The molecule has 1 rings (SSSR count). The summed E-state index contributed by atoms with van der Waals surface area (Å²) in [5.41, 5.74) is 0.396. The number of nitrogens with one attached hydrogen (secondary N) is 2. The van der Waals surface area contributed by atoms with Crippen LogP contribution in [0.1, 0.15) is 13.8 Å². The lowest BCUT2D eigenvalue weighted by atomic mass is 10.4. The Balaban J connectivity index is 2.65. The quantitative estimate of drug-likeness (QED) is 0.459. The normalized spacial score (nSPS) is 10.1. The van der Waals surface area contributed by atoms with Gasteiger partial charge in [-0.3, -0.25) is 0 Å². The first kappa shape index (κ1) is 11.6. The van der Waals surface area contributed by atoms with E-state index in [0.29, 0.717) is 10.4 Å². The van der Waals surface area contributed by atoms with Crippen LogP contribution in [0.3, 0.4) is 0 Å². The number of pyridine rings is 1. The van der Waals surface area contributed by atoms with Crippen LogP contribution in [-0.2, 0) is 0 Å². The average molecular weight is 230 g/mol. The van der Waals surface area contributed by atoms with Crippen LogP contribution in [0.2, 0.25) is 5.15 Å². The van der Waals surface area contributed by atoms with Crippen LogP contribution >= 0.6 is 11.6 Å². The van der Waals surface area contributed by atoms with Gasteiger partial charge >= 0.3 is 6.03 Å². The van der Waals surface area contributed by atoms with Gasteiger partial charge < -0.3 is 15.8 Å². The van der Waals surface area contributed by atoms with Crippen molar-refractivity contribution in [3.05, 3.63) is 28.7 Å². The van der Waals surface area contributed by atoms with Gasteiger partial charge in [-0.25, -0.2) is 4.79 Å². The highest BCUT2D eigenvalue weighted by atomic mass is 35.5. The molecule has 0 spiro atoms. The maximum absolute atomic E-state index is 11.3. The van der Waals surface area contributed by atoms with E-state index in [1.54, 1.807) is 6.07 Å². The number of carbonyl (C=O) groups is 1. The van der Waals surface area contributed by atoms with E-state index in [-0.39, 0.29) is 17.2 Å². The zero-order valence-electron chi connectivity index (χ0n) is 8.45. The lowest BCUT2D eigenvalue weighted by molar-refractivity contribution is -0.602. The average Bonchev–Trinajstić information content (AvgIpc) is 2.10. The predicted octanol–water partition coefficient (Wildman–Crippen LogP) is 1.50. The number of hydrogen-bond acceptors (Lipinski definition) is 2. The molecule has 0 atom stereocenters. The molecule has 5 nitrogen and oxygen atoms in total. The molecule has 2 N–H and O–H groups in total. The van der Waals surface area contributed by atoms with Crippen molar-refractivity contribution in [3.63, 3.8) is 0 Å². The van der Waals surface area contributed by atoms with Gasteiger partial charge in [0, 0.05) is 12.1 Å². The van der Waals surface area contributed by atoms with E-state index in [2.05, 4.69) is 10.6 Å². The molecule has 0 aromatic carbocycles. The minimum atomic E-state index is -0.354. The Labute approximate surface area is 92.6 Å². The molecule has 82 valence electrons. The summed E-state index contributed by atoms with van der Waals surface area (Å²) in [7, 11) is 0. The largest absolute Gasteiger partial charge is 0.618 e. The van der Waals surface area contributed by atoms with E-state index in [0.717, 1.165) is 0 Å². The highest BCUT2D eigenvalue weighted by molar-refractivity contribution is 6.28. The topological polar surface area (TPSA) is 68.1 Å². The number of nitrogens with zero attached hydrogens (tertiary/aromatic N) is 1. The third kappa shape index (κ3) is 3.63. The summed E-state index contributed by atoms with van der Waals surface area (Å²) in [5.74, 6) is 0. The minimum Gasteiger partial charge on any atom is -0.618 e. The second kappa shape index (κ2) is 4.84. The van der Waals surface area contributed by atoms with Gasteiger partial charge in [0.25, 0.3) is 5.15 Å². The number of anilines is 1. The van der Waals surface area contributed by atoms with Crippen molar-refractivity contribution in [1.29, 1.82) is 0 Å². The van der Waals surface area contributed by atoms with Crippen molar-refractivity contribution < 1.29 is 9.52 Å². The smallest absolute Gasteiger partial charge is 0.319 e. The highest BCUT2D eigenvalue weighted by Crippen LogP contribution is 2.07. The third-order valence-corrected chi connectivity index (χ3v) is 1.84. The van der Waals surface area contributed by atoms with Crippen molar-refractivity contribution in [2.75, 3.05) is 5.32 Å². The van der Waals surface area contributed by atoms with E-state index in [4.69, 9.17) is 11.6 Å². The highest BCUT2D eigenvalue weighted by Gasteiger charge is 2.07. The Kier molecular flexibility index (Phi) is 3.74. The molecule has 0 bridgehead atoms. The first-order valence-corrected chi connectivity index (χ1v) is 4.83. The minimum absolute atomic E-state index is 0.0386. The van der Waals surface area contributed by atoms with Gasteiger partial charge in [0.2, 0.25) is 6.20 Å². The Bertz CT molecular complexity index is 368. The van der Waals surface area contributed by atoms with Gasteiger partial charge in [-0.1, -0.05) is 0 Å². The molecule has 0 aliphatic rings. The second-order valence-electron chi connectivity index (χ2n) is 3.32. The van der Waals surface area contributed by atoms with Crippen LogP contribution in [0.25, 0.3) is 0 Å². The lowest BCUT2D eigenvalue weighted by Gasteiger charge is -2.09. The number of halogens is 1. The zero-order chi connectivity index (χ0) is 11.4. The fourth-order valence-corrected chi connectivity index (χ4v) is 1.08. The van der Waals surface area contributed by atoms with Crippen LogP contribution in [-0.4, -0.2) is 12.1 Å². The van der Waals surface area contributed by atoms with E-state index in [9.17, 15) is 10.0 Å². The molecule has 6 heteroatoms. The van der Waals surface area contributed by atoms with Crippen LogP contribution in [0.5, 0.6) is 0 Å².